The number of benzene rings is 3. The lowest BCUT2D eigenvalue weighted by Crippen LogP contribution is -2.48. The molecule has 2 heterocycles. The van der Waals surface area contributed by atoms with E-state index in [1.807, 2.05) is 66.4 Å². The largest absolute Gasteiger partial charge is 0.492 e. The van der Waals surface area contributed by atoms with Gasteiger partial charge in [0.15, 0.2) is 0 Å². The van der Waals surface area contributed by atoms with Gasteiger partial charge in [0.05, 0.1) is 11.4 Å². The van der Waals surface area contributed by atoms with E-state index in [1.54, 1.807) is 23.7 Å². The molecule has 9 heteroatoms. The monoisotopic (exact) mass is 581 g/mol. The van der Waals surface area contributed by atoms with Crippen LogP contribution in [0.1, 0.15) is 49.3 Å². The number of amides is 2. The van der Waals surface area contributed by atoms with Crippen LogP contribution in [-0.2, 0) is 15.0 Å². The van der Waals surface area contributed by atoms with Gasteiger partial charge in [-0.15, -0.1) is 0 Å². The van der Waals surface area contributed by atoms with Crippen molar-refractivity contribution in [2.24, 2.45) is 0 Å². The maximum Gasteiger partial charge on any atom is 0.297 e. The zero-order valence-corrected chi connectivity index (χ0v) is 25.5. The second-order valence-corrected chi connectivity index (χ2v) is 12.0. The number of aryl methyl sites for hydroxylation is 1. The summed E-state index contributed by atoms with van der Waals surface area (Å²) in [7, 11) is 0. The highest BCUT2D eigenvalue weighted by atomic mass is 16.5. The predicted molar refractivity (Wildman–Crippen MR) is 168 cm³/mol. The first-order valence-electron chi connectivity index (χ1n) is 14.7. The molecule has 3 aromatic carbocycles. The van der Waals surface area contributed by atoms with Gasteiger partial charge >= 0.3 is 0 Å². The molecule has 0 bridgehead atoms. The number of rotatable bonds is 8. The van der Waals surface area contributed by atoms with Crippen molar-refractivity contribution in [1.29, 1.82) is 0 Å². The average Bonchev–Trinajstić information content (AvgIpc) is 3.42. The van der Waals surface area contributed by atoms with E-state index in [0.29, 0.717) is 29.1 Å². The summed E-state index contributed by atoms with van der Waals surface area (Å²) < 4.78 is 7.82. The number of fused-ring (bicyclic) bond motifs is 1. The predicted octanol–water partition coefficient (Wildman–Crippen LogP) is 5.00. The zero-order valence-electron chi connectivity index (χ0n) is 25.5. The van der Waals surface area contributed by atoms with E-state index in [1.165, 1.54) is 0 Å². The maximum absolute atomic E-state index is 13.5. The second-order valence-electron chi connectivity index (χ2n) is 12.0. The Morgan fingerprint density at radius 3 is 2.23 bits per heavy atom. The van der Waals surface area contributed by atoms with E-state index >= 15 is 0 Å². The van der Waals surface area contributed by atoms with Crippen LogP contribution < -0.4 is 10.1 Å². The number of anilines is 1. The Morgan fingerprint density at radius 2 is 1.58 bits per heavy atom. The summed E-state index contributed by atoms with van der Waals surface area (Å²) in [4.78, 5) is 42.7. The van der Waals surface area contributed by atoms with Gasteiger partial charge in [0.2, 0.25) is 5.91 Å². The van der Waals surface area contributed by atoms with Crippen LogP contribution in [0.15, 0.2) is 66.7 Å². The Kier molecular flexibility index (Phi) is 8.64. The number of carbonyl (C=O) groups excluding carboxylic acids is 3. The van der Waals surface area contributed by atoms with Crippen molar-refractivity contribution in [2.75, 3.05) is 44.6 Å². The van der Waals surface area contributed by atoms with Gasteiger partial charge in [0.25, 0.3) is 11.7 Å². The van der Waals surface area contributed by atoms with Crippen molar-refractivity contribution in [1.82, 2.24) is 19.6 Å². The van der Waals surface area contributed by atoms with Crippen molar-refractivity contribution in [3.05, 3.63) is 83.6 Å². The molecule has 2 amide bonds. The number of piperazine rings is 1. The van der Waals surface area contributed by atoms with E-state index in [2.05, 4.69) is 31.0 Å². The van der Waals surface area contributed by atoms with Crippen LogP contribution in [0.25, 0.3) is 16.5 Å². The Morgan fingerprint density at radius 1 is 0.907 bits per heavy atom. The number of Topliss-reactive ketones (excluding diaryl/α,β-unsaturated/α-hetero) is 1. The molecular weight excluding hydrogens is 542 g/mol. The quantitative estimate of drug-likeness (QED) is 0.233. The van der Waals surface area contributed by atoms with Crippen LogP contribution in [0.2, 0.25) is 0 Å². The molecule has 1 aliphatic heterocycles. The molecule has 1 aliphatic rings. The summed E-state index contributed by atoms with van der Waals surface area (Å²) in [6.07, 6.45) is 0. The standard InChI is InChI=1S/C34H39N5O4/c1-23-10-12-25(13-11-23)39-31(22-30(36-39)34(3,4)5)35-33(42)32(41)28-14-15-29(27-9-7-6-8-26(27)28)43-21-20-37-16-18-38(19-17-37)24(2)40/h6-15,22H,16-21H2,1-5H3,(H,35,42). The first kappa shape index (κ1) is 30.0. The third-order valence-electron chi connectivity index (χ3n) is 7.82. The smallest absolute Gasteiger partial charge is 0.297 e. The third kappa shape index (κ3) is 6.78. The molecule has 0 radical (unpaired) electrons. The Hall–Kier alpha value is -4.50. The van der Waals surface area contributed by atoms with E-state index in [9.17, 15) is 14.4 Å². The Labute approximate surface area is 252 Å². The molecule has 0 aliphatic carbocycles. The highest BCUT2D eigenvalue weighted by Gasteiger charge is 2.25. The number of nitrogens with zero attached hydrogens (tertiary/aromatic N) is 4. The van der Waals surface area contributed by atoms with Crippen molar-refractivity contribution in [3.8, 4) is 11.4 Å². The molecule has 5 rings (SSSR count). The average molecular weight is 582 g/mol. The lowest BCUT2D eigenvalue weighted by Gasteiger charge is -2.34. The van der Waals surface area contributed by atoms with Gasteiger partial charge < -0.3 is 15.0 Å². The van der Waals surface area contributed by atoms with Gasteiger partial charge in [0, 0.05) is 62.1 Å². The van der Waals surface area contributed by atoms with Gasteiger partial charge in [-0.25, -0.2) is 4.68 Å². The molecule has 0 saturated carbocycles. The summed E-state index contributed by atoms with van der Waals surface area (Å²) >= 11 is 0. The molecule has 1 saturated heterocycles. The third-order valence-corrected chi connectivity index (χ3v) is 7.82. The molecule has 1 fully saturated rings. The number of ether oxygens (including phenoxy) is 1. The molecule has 4 aromatic rings. The highest BCUT2D eigenvalue weighted by Crippen LogP contribution is 2.30. The lowest BCUT2D eigenvalue weighted by atomic mass is 9.92. The highest BCUT2D eigenvalue weighted by molar-refractivity contribution is 6.48. The molecule has 1 aromatic heterocycles. The first-order chi connectivity index (χ1) is 20.5. The fourth-order valence-electron chi connectivity index (χ4n) is 5.18. The number of hydrogen-bond acceptors (Lipinski definition) is 6. The first-order valence-corrected chi connectivity index (χ1v) is 14.7. The van der Waals surface area contributed by atoms with Gasteiger partial charge in [0.1, 0.15) is 18.2 Å². The van der Waals surface area contributed by atoms with Gasteiger partial charge in [-0.05, 0) is 36.6 Å². The zero-order chi connectivity index (χ0) is 30.7. The van der Waals surface area contributed by atoms with E-state index in [-0.39, 0.29) is 11.3 Å². The van der Waals surface area contributed by atoms with Gasteiger partial charge in [-0.1, -0.05) is 62.7 Å². The Balaban J connectivity index is 1.32. The number of ketones is 1. The SMILES string of the molecule is CC(=O)N1CCN(CCOc2ccc(C(=O)C(=O)Nc3cc(C(C)(C)C)nn3-c3ccc(C)cc3)c3ccccc23)CC1. The second kappa shape index (κ2) is 12.4. The number of hydrogen-bond donors (Lipinski definition) is 1. The van der Waals surface area contributed by atoms with Gasteiger partial charge in [-0.3, -0.25) is 19.3 Å². The summed E-state index contributed by atoms with van der Waals surface area (Å²) in [5.41, 5.74) is 2.74. The van der Waals surface area contributed by atoms with Crippen molar-refractivity contribution in [2.45, 2.75) is 40.0 Å². The molecule has 0 spiro atoms. The molecular formula is C34H39N5O4. The number of carbonyl (C=O) groups is 3. The van der Waals surface area contributed by atoms with E-state index in [4.69, 9.17) is 9.84 Å². The molecule has 224 valence electrons. The fraction of sp³-hybridized carbons (Fsp3) is 0.353. The van der Waals surface area contributed by atoms with E-state index < -0.39 is 11.7 Å². The topological polar surface area (TPSA) is 96.8 Å². The van der Waals surface area contributed by atoms with Crippen LogP contribution in [0.4, 0.5) is 5.82 Å². The number of nitrogens with one attached hydrogen (secondary N) is 1. The van der Waals surface area contributed by atoms with Crippen LogP contribution in [0.5, 0.6) is 5.75 Å². The minimum atomic E-state index is -0.739. The molecule has 0 unspecified atom stereocenters. The summed E-state index contributed by atoms with van der Waals surface area (Å²) in [6, 6.07) is 20.5. The molecule has 0 atom stereocenters. The minimum Gasteiger partial charge on any atom is -0.492 e. The van der Waals surface area contributed by atoms with E-state index in [0.717, 1.165) is 55.1 Å². The summed E-state index contributed by atoms with van der Waals surface area (Å²) in [5, 5.41) is 9.00. The van der Waals surface area contributed by atoms with Crippen LogP contribution in [0, 0.1) is 6.92 Å². The Bertz CT molecular complexity index is 1640. The van der Waals surface area contributed by atoms with Crippen LogP contribution in [-0.4, -0.2) is 76.5 Å². The summed E-state index contributed by atoms with van der Waals surface area (Å²) in [6.45, 7) is 14.0. The number of aromatic nitrogens is 2. The molecule has 9 nitrogen and oxygen atoms in total. The van der Waals surface area contributed by atoms with Crippen LogP contribution in [0.3, 0.4) is 0 Å². The van der Waals surface area contributed by atoms with Gasteiger partial charge in [-0.2, -0.15) is 5.10 Å². The lowest BCUT2D eigenvalue weighted by molar-refractivity contribution is -0.130. The molecule has 1 N–H and O–H groups in total. The normalized spacial score (nSPS) is 14.1. The van der Waals surface area contributed by atoms with Crippen molar-refractivity contribution in [3.63, 3.8) is 0 Å². The fourth-order valence-corrected chi connectivity index (χ4v) is 5.18. The van der Waals surface area contributed by atoms with Crippen LogP contribution >= 0.6 is 0 Å². The summed E-state index contributed by atoms with van der Waals surface area (Å²) in [5.74, 6) is -0.183. The maximum atomic E-state index is 13.5. The minimum absolute atomic E-state index is 0.109. The van der Waals surface area contributed by atoms with Crippen molar-refractivity contribution < 1.29 is 19.1 Å². The molecule has 43 heavy (non-hydrogen) atoms. The van der Waals surface area contributed by atoms with Crippen molar-refractivity contribution >= 4 is 34.2 Å².